The molecule has 40 heavy (non-hydrogen) atoms. The number of carbonyl (C=O) groups excluding carboxylic acids is 2. The molecule has 0 aliphatic carbocycles. The summed E-state index contributed by atoms with van der Waals surface area (Å²) in [6.45, 7) is 5.54. The number of ether oxygens (including phenoxy) is 2. The Morgan fingerprint density at radius 2 is 1.43 bits per heavy atom. The third-order valence-corrected chi connectivity index (χ3v) is 8.26. The number of carbonyl (C=O) groups is 2. The second-order valence-electron chi connectivity index (χ2n) is 9.36. The predicted molar refractivity (Wildman–Crippen MR) is 155 cm³/mol. The van der Waals surface area contributed by atoms with E-state index in [2.05, 4.69) is 5.32 Å². The Morgan fingerprint density at radius 1 is 0.875 bits per heavy atom. The maximum atomic E-state index is 13.9. The van der Waals surface area contributed by atoms with Gasteiger partial charge in [0.25, 0.3) is 10.0 Å². The van der Waals surface area contributed by atoms with Gasteiger partial charge >= 0.3 is 0 Å². The van der Waals surface area contributed by atoms with Gasteiger partial charge in [0.15, 0.2) is 0 Å². The fraction of sp³-hybridized carbons (Fsp3) is 0.333. The van der Waals surface area contributed by atoms with Crippen molar-refractivity contribution in [1.82, 2.24) is 10.2 Å². The Bertz CT molecular complexity index is 1370. The van der Waals surface area contributed by atoms with Crippen molar-refractivity contribution < 1.29 is 27.5 Å². The number of hydrogen-bond donors (Lipinski definition) is 1. The van der Waals surface area contributed by atoms with Crippen molar-refractivity contribution >= 4 is 27.5 Å². The molecule has 3 rings (SSSR count). The lowest BCUT2D eigenvalue weighted by molar-refractivity contribution is -0.139. The van der Waals surface area contributed by atoms with Crippen LogP contribution in [0.2, 0.25) is 0 Å². The molecule has 0 saturated heterocycles. The summed E-state index contributed by atoms with van der Waals surface area (Å²) >= 11 is 0. The molecule has 0 aromatic heterocycles. The van der Waals surface area contributed by atoms with E-state index in [4.69, 9.17) is 9.47 Å². The largest absolute Gasteiger partial charge is 0.497 e. The van der Waals surface area contributed by atoms with E-state index in [1.165, 1.54) is 24.1 Å². The first-order valence-electron chi connectivity index (χ1n) is 13.0. The number of aryl methyl sites for hydroxylation is 1. The molecule has 0 aliphatic rings. The summed E-state index contributed by atoms with van der Waals surface area (Å²) in [6, 6.07) is 19.2. The Hall–Kier alpha value is -4.05. The van der Waals surface area contributed by atoms with Gasteiger partial charge < -0.3 is 19.7 Å². The van der Waals surface area contributed by atoms with Crippen LogP contribution in [0.4, 0.5) is 5.69 Å². The molecule has 2 amide bonds. The molecule has 0 fully saturated rings. The highest BCUT2D eigenvalue weighted by Crippen LogP contribution is 2.26. The lowest BCUT2D eigenvalue weighted by Crippen LogP contribution is -2.51. The zero-order valence-corrected chi connectivity index (χ0v) is 24.4. The van der Waals surface area contributed by atoms with Gasteiger partial charge in [0, 0.05) is 13.1 Å². The summed E-state index contributed by atoms with van der Waals surface area (Å²) in [5.74, 6) is 0.331. The highest BCUT2D eigenvalue weighted by Gasteiger charge is 2.32. The molecular formula is C30H37N3O6S. The third kappa shape index (κ3) is 7.53. The van der Waals surface area contributed by atoms with Crippen LogP contribution in [0.25, 0.3) is 0 Å². The van der Waals surface area contributed by atoms with E-state index in [9.17, 15) is 18.0 Å². The van der Waals surface area contributed by atoms with Gasteiger partial charge in [0.2, 0.25) is 11.8 Å². The maximum absolute atomic E-state index is 13.9. The molecule has 10 heteroatoms. The Labute approximate surface area is 236 Å². The number of amides is 2. The summed E-state index contributed by atoms with van der Waals surface area (Å²) in [7, 11) is -1.09. The van der Waals surface area contributed by atoms with Crippen LogP contribution in [0.1, 0.15) is 31.4 Å². The van der Waals surface area contributed by atoms with Crippen LogP contribution < -0.4 is 19.1 Å². The molecule has 0 heterocycles. The van der Waals surface area contributed by atoms with Crippen molar-refractivity contribution in [1.29, 1.82) is 0 Å². The zero-order chi connectivity index (χ0) is 29.3. The van der Waals surface area contributed by atoms with Crippen LogP contribution in [0.5, 0.6) is 11.5 Å². The number of nitrogens with zero attached hydrogens (tertiary/aromatic N) is 2. The molecule has 0 bridgehead atoms. The highest BCUT2D eigenvalue weighted by atomic mass is 32.2. The minimum atomic E-state index is -4.15. The van der Waals surface area contributed by atoms with E-state index in [-0.39, 0.29) is 17.3 Å². The topological polar surface area (TPSA) is 105 Å². The average Bonchev–Trinajstić information content (AvgIpc) is 2.97. The van der Waals surface area contributed by atoms with Crippen molar-refractivity contribution in [2.24, 2.45) is 0 Å². The van der Waals surface area contributed by atoms with Crippen LogP contribution in [0, 0.1) is 6.92 Å². The molecule has 9 nitrogen and oxygen atoms in total. The van der Waals surface area contributed by atoms with E-state index in [0.717, 1.165) is 21.9 Å². The van der Waals surface area contributed by atoms with Gasteiger partial charge in [0.05, 0.1) is 24.8 Å². The molecule has 214 valence electrons. The smallest absolute Gasteiger partial charge is 0.264 e. The van der Waals surface area contributed by atoms with Crippen LogP contribution >= 0.6 is 0 Å². The first kappa shape index (κ1) is 30.5. The maximum Gasteiger partial charge on any atom is 0.264 e. The standard InChI is InChI=1S/C30H37N3O6S/c1-6-19-31-30(35)23(3)32(20-24-9-13-26(38-4)14-10-24)29(34)21-33(25-11-7-22(2)8-12-25)40(36,37)28-17-15-27(39-5)16-18-28/h7-18,23H,6,19-21H2,1-5H3,(H,31,35)/t23-/m1/s1. The molecule has 1 atom stereocenters. The summed E-state index contributed by atoms with van der Waals surface area (Å²) < 4.78 is 39.2. The number of sulfonamides is 1. The van der Waals surface area contributed by atoms with Crippen LogP contribution in [0.3, 0.4) is 0 Å². The van der Waals surface area contributed by atoms with Crippen molar-refractivity contribution in [2.45, 2.75) is 44.7 Å². The number of benzene rings is 3. The van der Waals surface area contributed by atoms with Gasteiger partial charge in [0.1, 0.15) is 24.1 Å². The molecule has 1 N–H and O–H groups in total. The first-order valence-corrected chi connectivity index (χ1v) is 14.5. The van der Waals surface area contributed by atoms with E-state index >= 15 is 0 Å². The number of nitrogens with one attached hydrogen (secondary N) is 1. The van der Waals surface area contributed by atoms with Crippen molar-refractivity contribution in [3.8, 4) is 11.5 Å². The second-order valence-corrected chi connectivity index (χ2v) is 11.2. The predicted octanol–water partition coefficient (Wildman–Crippen LogP) is 4.15. The molecular weight excluding hydrogens is 530 g/mol. The van der Waals surface area contributed by atoms with E-state index in [1.807, 2.05) is 26.0 Å². The Kier molecular flexibility index (Phi) is 10.6. The fourth-order valence-corrected chi connectivity index (χ4v) is 5.44. The number of hydrogen-bond acceptors (Lipinski definition) is 6. The minimum absolute atomic E-state index is 0.0112. The average molecular weight is 568 g/mol. The van der Waals surface area contributed by atoms with E-state index < -0.39 is 28.5 Å². The number of rotatable bonds is 13. The lowest BCUT2D eigenvalue weighted by Gasteiger charge is -2.32. The first-order chi connectivity index (χ1) is 19.1. The molecule has 0 radical (unpaired) electrons. The van der Waals surface area contributed by atoms with Crippen molar-refractivity contribution in [3.05, 3.63) is 83.9 Å². The van der Waals surface area contributed by atoms with Crippen molar-refractivity contribution in [2.75, 3.05) is 31.6 Å². The van der Waals surface area contributed by atoms with E-state index in [0.29, 0.717) is 23.7 Å². The second kappa shape index (κ2) is 13.8. The quantitative estimate of drug-likeness (QED) is 0.333. The van der Waals surface area contributed by atoms with Gasteiger partial charge in [-0.15, -0.1) is 0 Å². The van der Waals surface area contributed by atoms with E-state index in [1.54, 1.807) is 62.6 Å². The summed E-state index contributed by atoms with van der Waals surface area (Å²) in [5.41, 5.74) is 2.05. The third-order valence-electron chi connectivity index (χ3n) is 6.48. The summed E-state index contributed by atoms with van der Waals surface area (Å²) in [5, 5.41) is 2.83. The number of anilines is 1. The fourth-order valence-electron chi connectivity index (χ4n) is 4.02. The van der Waals surface area contributed by atoms with Gasteiger partial charge in [-0.3, -0.25) is 13.9 Å². The normalized spacial score (nSPS) is 11.8. The molecule has 0 saturated carbocycles. The monoisotopic (exact) mass is 567 g/mol. The molecule has 3 aromatic rings. The summed E-state index contributed by atoms with van der Waals surface area (Å²) in [4.78, 5) is 28.3. The zero-order valence-electron chi connectivity index (χ0n) is 23.6. The van der Waals surface area contributed by atoms with Gasteiger partial charge in [-0.2, -0.15) is 0 Å². The Balaban J connectivity index is 2.00. The van der Waals surface area contributed by atoms with Crippen LogP contribution in [-0.2, 0) is 26.2 Å². The molecule has 0 spiro atoms. The van der Waals surface area contributed by atoms with Crippen LogP contribution in [-0.4, -0.2) is 58.5 Å². The van der Waals surface area contributed by atoms with Crippen molar-refractivity contribution in [3.63, 3.8) is 0 Å². The lowest BCUT2D eigenvalue weighted by atomic mass is 10.1. The van der Waals surface area contributed by atoms with Gasteiger partial charge in [-0.25, -0.2) is 8.42 Å². The molecule has 0 unspecified atom stereocenters. The van der Waals surface area contributed by atoms with Crippen LogP contribution in [0.15, 0.2) is 77.7 Å². The molecule has 3 aromatic carbocycles. The Morgan fingerprint density at radius 3 is 1.95 bits per heavy atom. The molecule has 0 aliphatic heterocycles. The van der Waals surface area contributed by atoms with Gasteiger partial charge in [-0.05, 0) is 74.4 Å². The highest BCUT2D eigenvalue weighted by molar-refractivity contribution is 7.92. The SMILES string of the molecule is CCCNC(=O)[C@@H](C)N(Cc1ccc(OC)cc1)C(=O)CN(c1ccc(C)cc1)S(=O)(=O)c1ccc(OC)cc1. The number of methoxy groups -OCH3 is 2. The minimum Gasteiger partial charge on any atom is -0.497 e. The van der Waals surface area contributed by atoms with Gasteiger partial charge in [-0.1, -0.05) is 36.8 Å². The summed E-state index contributed by atoms with van der Waals surface area (Å²) in [6.07, 6.45) is 0.742.